The Hall–Kier alpha value is -3.70. The molecule has 1 N–H and O–H groups in total. The molecule has 1 heterocycles. The summed E-state index contributed by atoms with van der Waals surface area (Å²) in [5.41, 5.74) is -2.49. The standard InChI is InChI=1S/C23H22FN5O2/c1-22(2,3)31-21(30)29-9-8-14-16(10-25)20(28)23(12-26,13-27)19(17(14)11-29)15-6-4-5-7-18(15)24/h4-8,16-17,19,28H,9,11H2,1-3H3/t16?,17-,19-/m1/s1. The van der Waals surface area contributed by atoms with Crippen LogP contribution in [0.1, 0.15) is 32.3 Å². The van der Waals surface area contributed by atoms with Gasteiger partial charge < -0.3 is 15.0 Å². The first kappa shape index (κ1) is 22.0. The molecule has 0 bridgehead atoms. The zero-order valence-corrected chi connectivity index (χ0v) is 17.5. The van der Waals surface area contributed by atoms with Crippen LogP contribution in [0.15, 0.2) is 35.9 Å². The number of hydrogen-bond acceptors (Lipinski definition) is 6. The molecule has 1 aliphatic carbocycles. The van der Waals surface area contributed by atoms with E-state index in [2.05, 4.69) is 0 Å². The maximum absolute atomic E-state index is 14.9. The number of amides is 1. The number of nitriles is 3. The lowest BCUT2D eigenvalue weighted by Gasteiger charge is -2.47. The number of hydrogen-bond donors (Lipinski definition) is 1. The highest BCUT2D eigenvalue weighted by molar-refractivity contribution is 6.01. The molecule has 8 heteroatoms. The molecule has 1 unspecified atom stereocenters. The molecule has 0 aromatic heterocycles. The van der Waals surface area contributed by atoms with Gasteiger partial charge in [-0.1, -0.05) is 24.3 Å². The fourth-order valence-electron chi connectivity index (χ4n) is 4.35. The van der Waals surface area contributed by atoms with Crippen LogP contribution in [-0.2, 0) is 4.74 Å². The normalized spacial score (nSPS) is 24.7. The molecular formula is C23H22FN5O2. The van der Waals surface area contributed by atoms with Crippen LogP contribution in [0, 0.1) is 62.5 Å². The highest BCUT2D eigenvalue weighted by atomic mass is 19.1. The monoisotopic (exact) mass is 419 g/mol. The molecular weight excluding hydrogens is 397 g/mol. The lowest BCUT2D eigenvalue weighted by molar-refractivity contribution is 0.0221. The minimum Gasteiger partial charge on any atom is -0.444 e. The SMILES string of the molecule is CC(C)(C)OC(=O)N1CC=C2C(C#N)C(=N)C(C#N)(C#N)[C@H](c3ccccc3F)[C@@H]2C1. The Labute approximate surface area is 180 Å². The number of ether oxygens (including phenoxy) is 1. The minimum atomic E-state index is -2.04. The summed E-state index contributed by atoms with van der Waals surface area (Å²) < 4.78 is 20.3. The Kier molecular flexibility index (Phi) is 5.57. The molecule has 7 nitrogen and oxygen atoms in total. The molecule has 0 saturated heterocycles. The van der Waals surface area contributed by atoms with E-state index in [-0.39, 0.29) is 24.4 Å². The van der Waals surface area contributed by atoms with Crippen LogP contribution in [0.4, 0.5) is 9.18 Å². The minimum absolute atomic E-state index is 0.0380. The number of rotatable bonds is 1. The molecule has 158 valence electrons. The first-order valence-corrected chi connectivity index (χ1v) is 9.83. The topological polar surface area (TPSA) is 125 Å². The zero-order valence-electron chi connectivity index (χ0n) is 17.5. The van der Waals surface area contributed by atoms with Crippen molar-refractivity contribution >= 4 is 11.8 Å². The zero-order chi connectivity index (χ0) is 23.0. The fourth-order valence-corrected chi connectivity index (χ4v) is 4.35. The average Bonchev–Trinajstić information content (AvgIpc) is 2.72. The highest BCUT2D eigenvalue weighted by Crippen LogP contribution is 2.53. The van der Waals surface area contributed by atoms with E-state index >= 15 is 0 Å². The number of benzene rings is 1. The summed E-state index contributed by atoms with van der Waals surface area (Å²) in [6.45, 7) is 5.41. The van der Waals surface area contributed by atoms with Gasteiger partial charge in [0.1, 0.15) is 17.3 Å². The quantitative estimate of drug-likeness (QED) is 0.691. The van der Waals surface area contributed by atoms with E-state index in [1.807, 2.05) is 18.2 Å². The first-order chi connectivity index (χ1) is 14.6. The van der Waals surface area contributed by atoms with Gasteiger partial charge in [-0.15, -0.1) is 0 Å². The maximum Gasteiger partial charge on any atom is 0.410 e. The molecule has 2 aliphatic rings. The second-order valence-corrected chi connectivity index (χ2v) is 8.70. The second-order valence-electron chi connectivity index (χ2n) is 8.70. The van der Waals surface area contributed by atoms with Crippen molar-refractivity contribution in [3.8, 4) is 18.2 Å². The van der Waals surface area contributed by atoms with Crippen molar-refractivity contribution in [1.29, 1.82) is 21.2 Å². The molecule has 0 radical (unpaired) electrons. The van der Waals surface area contributed by atoms with Crippen molar-refractivity contribution in [3.05, 3.63) is 47.3 Å². The van der Waals surface area contributed by atoms with Crippen LogP contribution in [0.2, 0.25) is 0 Å². The van der Waals surface area contributed by atoms with Gasteiger partial charge in [0.25, 0.3) is 0 Å². The number of nitrogens with zero attached hydrogens (tertiary/aromatic N) is 4. The van der Waals surface area contributed by atoms with Crippen molar-refractivity contribution in [3.63, 3.8) is 0 Å². The lowest BCUT2D eigenvalue weighted by Crippen LogP contribution is -2.54. The first-order valence-electron chi connectivity index (χ1n) is 9.83. The smallest absolute Gasteiger partial charge is 0.410 e. The third-order valence-corrected chi connectivity index (χ3v) is 5.68. The molecule has 1 saturated carbocycles. The fraction of sp³-hybridized carbons (Fsp3) is 0.435. The predicted molar refractivity (Wildman–Crippen MR) is 109 cm³/mol. The van der Waals surface area contributed by atoms with Crippen LogP contribution in [0.25, 0.3) is 0 Å². The van der Waals surface area contributed by atoms with E-state index in [0.29, 0.717) is 5.57 Å². The van der Waals surface area contributed by atoms with Crippen molar-refractivity contribution in [2.24, 2.45) is 17.3 Å². The highest BCUT2D eigenvalue weighted by Gasteiger charge is 2.58. The Morgan fingerprint density at radius 2 is 1.90 bits per heavy atom. The van der Waals surface area contributed by atoms with Gasteiger partial charge >= 0.3 is 6.09 Å². The summed E-state index contributed by atoms with van der Waals surface area (Å²) in [6, 6.07) is 11.6. The van der Waals surface area contributed by atoms with E-state index in [9.17, 15) is 25.0 Å². The van der Waals surface area contributed by atoms with Gasteiger partial charge in [0, 0.05) is 24.9 Å². The number of fused-ring (bicyclic) bond motifs is 1. The summed E-state index contributed by atoms with van der Waals surface area (Å²) in [4.78, 5) is 14.1. The van der Waals surface area contributed by atoms with Crippen molar-refractivity contribution in [2.75, 3.05) is 13.1 Å². The van der Waals surface area contributed by atoms with Crippen LogP contribution in [0.5, 0.6) is 0 Å². The summed E-state index contributed by atoms with van der Waals surface area (Å²) in [7, 11) is 0. The molecule has 31 heavy (non-hydrogen) atoms. The number of halogens is 1. The largest absolute Gasteiger partial charge is 0.444 e. The summed E-state index contributed by atoms with van der Waals surface area (Å²) >= 11 is 0. The van der Waals surface area contributed by atoms with Crippen molar-refractivity contribution in [1.82, 2.24) is 4.90 Å². The van der Waals surface area contributed by atoms with Gasteiger partial charge in [-0.25, -0.2) is 9.18 Å². The Bertz CT molecular complexity index is 1070. The van der Waals surface area contributed by atoms with Gasteiger partial charge in [0.15, 0.2) is 5.41 Å². The third kappa shape index (κ3) is 3.64. The number of carbonyl (C=O) groups is 1. The van der Waals surface area contributed by atoms with Crippen LogP contribution < -0.4 is 0 Å². The van der Waals surface area contributed by atoms with E-state index in [1.165, 1.54) is 23.1 Å². The summed E-state index contributed by atoms with van der Waals surface area (Å²) in [6.07, 6.45) is 1.08. The van der Waals surface area contributed by atoms with Gasteiger partial charge in [-0.05, 0) is 38.0 Å². The number of carbonyl (C=O) groups excluding carboxylic acids is 1. The second kappa shape index (κ2) is 7.85. The Balaban J connectivity index is 2.17. The molecule has 3 atom stereocenters. The third-order valence-electron chi connectivity index (χ3n) is 5.68. The van der Waals surface area contributed by atoms with E-state index in [1.54, 1.807) is 32.9 Å². The maximum atomic E-state index is 14.9. The molecule has 1 amide bonds. The molecule has 1 aromatic carbocycles. The summed E-state index contributed by atoms with van der Waals surface area (Å²) in [5, 5.41) is 38.3. The molecule has 1 fully saturated rings. The summed E-state index contributed by atoms with van der Waals surface area (Å²) in [5.74, 6) is -3.46. The number of nitrogens with one attached hydrogen (secondary N) is 1. The van der Waals surface area contributed by atoms with Crippen molar-refractivity contribution in [2.45, 2.75) is 32.3 Å². The Morgan fingerprint density at radius 3 is 2.45 bits per heavy atom. The van der Waals surface area contributed by atoms with Gasteiger partial charge in [-0.2, -0.15) is 15.8 Å². The predicted octanol–water partition coefficient (Wildman–Crippen LogP) is 3.91. The van der Waals surface area contributed by atoms with Gasteiger partial charge in [0.05, 0.1) is 23.9 Å². The van der Waals surface area contributed by atoms with Gasteiger partial charge in [0.2, 0.25) is 0 Å². The van der Waals surface area contributed by atoms with E-state index in [4.69, 9.17) is 10.1 Å². The van der Waals surface area contributed by atoms with E-state index in [0.717, 1.165) is 0 Å². The Morgan fingerprint density at radius 1 is 1.26 bits per heavy atom. The molecule has 1 aliphatic heterocycles. The molecule has 0 spiro atoms. The molecule has 3 rings (SSSR count). The van der Waals surface area contributed by atoms with Crippen LogP contribution in [0.3, 0.4) is 0 Å². The van der Waals surface area contributed by atoms with Crippen molar-refractivity contribution < 1.29 is 13.9 Å². The lowest BCUT2D eigenvalue weighted by atomic mass is 9.54. The average molecular weight is 419 g/mol. The van der Waals surface area contributed by atoms with Crippen LogP contribution >= 0.6 is 0 Å². The van der Waals surface area contributed by atoms with E-state index < -0.39 is 40.7 Å². The molecule has 1 aromatic rings. The van der Waals surface area contributed by atoms with Gasteiger partial charge in [-0.3, -0.25) is 0 Å². The van der Waals surface area contributed by atoms with Crippen LogP contribution in [-0.4, -0.2) is 35.4 Å².